The third-order valence-electron chi connectivity index (χ3n) is 3.81. The van der Waals surface area contributed by atoms with Crippen LogP contribution in [0.5, 0.6) is 0 Å². The molecule has 3 rings (SSSR count). The van der Waals surface area contributed by atoms with E-state index in [0.29, 0.717) is 5.16 Å². The molecule has 0 saturated heterocycles. The van der Waals surface area contributed by atoms with E-state index in [1.54, 1.807) is 4.68 Å². The van der Waals surface area contributed by atoms with Gasteiger partial charge in [-0.05, 0) is 34.5 Å². The first-order valence-electron chi connectivity index (χ1n) is 8.18. The Labute approximate surface area is 160 Å². The zero-order chi connectivity index (χ0) is 19.2. The van der Waals surface area contributed by atoms with E-state index in [9.17, 15) is 9.59 Å². The minimum Gasteiger partial charge on any atom is -0.341 e. The number of rotatable bonds is 5. The molecule has 9 heteroatoms. The molecule has 0 aliphatic heterocycles. The summed E-state index contributed by atoms with van der Waals surface area (Å²) in [6.07, 6.45) is 0. The van der Waals surface area contributed by atoms with Gasteiger partial charge in [-0.3, -0.25) is 10.1 Å². The van der Waals surface area contributed by atoms with Gasteiger partial charge in [0.2, 0.25) is 11.1 Å². The van der Waals surface area contributed by atoms with Crippen LogP contribution in [0.1, 0.15) is 16.4 Å². The summed E-state index contributed by atoms with van der Waals surface area (Å²) in [6, 6.07) is 16.3. The second-order valence-electron chi connectivity index (χ2n) is 5.64. The number of nitrogens with zero attached hydrogens (tertiary/aromatic N) is 4. The molecular formula is C18H18N6O2S. The highest BCUT2D eigenvalue weighted by Crippen LogP contribution is 2.35. The minimum absolute atomic E-state index is 0.449. The van der Waals surface area contributed by atoms with Gasteiger partial charge in [0.05, 0.1) is 5.69 Å². The summed E-state index contributed by atoms with van der Waals surface area (Å²) >= 11 is 1.17. The summed E-state index contributed by atoms with van der Waals surface area (Å²) in [7, 11) is 1.45. The number of para-hydroxylation sites is 1. The van der Waals surface area contributed by atoms with Gasteiger partial charge < -0.3 is 5.32 Å². The van der Waals surface area contributed by atoms with Crippen molar-refractivity contribution in [3.8, 4) is 5.69 Å². The third kappa shape index (κ3) is 4.32. The smallest absolute Gasteiger partial charge is 0.321 e. The molecule has 1 atom stereocenters. The molecule has 0 radical (unpaired) electrons. The first-order chi connectivity index (χ1) is 13.1. The van der Waals surface area contributed by atoms with Gasteiger partial charge in [-0.1, -0.05) is 60.3 Å². The average Bonchev–Trinajstić information content (AvgIpc) is 3.15. The summed E-state index contributed by atoms with van der Waals surface area (Å²) in [5, 5.41) is 16.3. The lowest BCUT2D eigenvalue weighted by atomic mass is 10.1. The zero-order valence-corrected chi connectivity index (χ0v) is 15.6. The van der Waals surface area contributed by atoms with Crippen LogP contribution in [0.4, 0.5) is 4.79 Å². The molecule has 1 heterocycles. The van der Waals surface area contributed by atoms with E-state index >= 15 is 0 Å². The highest BCUT2D eigenvalue weighted by atomic mass is 32.2. The van der Waals surface area contributed by atoms with Crippen LogP contribution in [0.15, 0.2) is 59.8 Å². The number of aryl methyl sites for hydroxylation is 1. The SMILES string of the molecule is CNC(=O)NC(=O)[C@@H](Sc1nnnn1-c1ccccc1C)c1ccccc1. The fraction of sp³-hybridized carbons (Fsp3) is 0.167. The standard InChI is InChI=1S/C18H18N6O2S/c1-12-8-6-7-11-14(12)24-18(21-22-23-24)27-15(13-9-4-3-5-10-13)16(25)20-17(26)19-2/h3-11,15H,1-2H3,(H2,19,20,25,26)/t15-/m0/s1. The Morgan fingerprint density at radius 2 is 1.78 bits per heavy atom. The Bertz CT molecular complexity index is 944. The molecule has 27 heavy (non-hydrogen) atoms. The van der Waals surface area contributed by atoms with Crippen molar-refractivity contribution in [1.82, 2.24) is 30.8 Å². The van der Waals surface area contributed by atoms with E-state index in [-0.39, 0.29) is 0 Å². The Morgan fingerprint density at radius 1 is 1.07 bits per heavy atom. The Morgan fingerprint density at radius 3 is 2.48 bits per heavy atom. The number of hydrogen-bond donors (Lipinski definition) is 2. The fourth-order valence-electron chi connectivity index (χ4n) is 2.45. The zero-order valence-electron chi connectivity index (χ0n) is 14.8. The predicted octanol–water partition coefficient (Wildman–Crippen LogP) is 2.26. The molecule has 0 bridgehead atoms. The van der Waals surface area contributed by atoms with Crippen molar-refractivity contribution in [1.29, 1.82) is 0 Å². The molecular weight excluding hydrogens is 364 g/mol. The van der Waals surface area contributed by atoms with Crippen LogP contribution in [0.25, 0.3) is 5.69 Å². The lowest BCUT2D eigenvalue weighted by Crippen LogP contribution is -2.39. The van der Waals surface area contributed by atoms with Crippen molar-refractivity contribution < 1.29 is 9.59 Å². The number of benzene rings is 2. The normalized spacial score (nSPS) is 11.6. The number of urea groups is 1. The van der Waals surface area contributed by atoms with Gasteiger partial charge in [-0.15, -0.1) is 5.10 Å². The van der Waals surface area contributed by atoms with Crippen molar-refractivity contribution in [3.63, 3.8) is 0 Å². The van der Waals surface area contributed by atoms with Gasteiger partial charge in [0.15, 0.2) is 0 Å². The molecule has 0 fully saturated rings. The quantitative estimate of drug-likeness (QED) is 0.657. The molecule has 0 unspecified atom stereocenters. The van der Waals surface area contributed by atoms with E-state index in [0.717, 1.165) is 16.8 Å². The number of imide groups is 1. The molecule has 0 aliphatic carbocycles. The van der Waals surface area contributed by atoms with Crippen LogP contribution in [0.2, 0.25) is 0 Å². The Kier molecular flexibility index (Phi) is 5.82. The predicted molar refractivity (Wildman–Crippen MR) is 102 cm³/mol. The molecule has 3 amide bonds. The van der Waals surface area contributed by atoms with Crippen molar-refractivity contribution in [3.05, 3.63) is 65.7 Å². The van der Waals surface area contributed by atoms with E-state index in [1.165, 1.54) is 18.8 Å². The van der Waals surface area contributed by atoms with Gasteiger partial charge in [0.1, 0.15) is 5.25 Å². The first-order valence-corrected chi connectivity index (χ1v) is 9.06. The molecule has 0 spiro atoms. The van der Waals surface area contributed by atoms with Gasteiger partial charge in [-0.25, -0.2) is 4.79 Å². The Hall–Kier alpha value is -3.20. The van der Waals surface area contributed by atoms with Crippen LogP contribution >= 0.6 is 11.8 Å². The van der Waals surface area contributed by atoms with Gasteiger partial charge in [0, 0.05) is 7.05 Å². The number of tetrazole rings is 1. The van der Waals surface area contributed by atoms with Crippen molar-refractivity contribution in [2.24, 2.45) is 0 Å². The number of amides is 3. The van der Waals surface area contributed by atoms with Gasteiger partial charge >= 0.3 is 6.03 Å². The highest BCUT2D eigenvalue weighted by molar-refractivity contribution is 8.00. The van der Waals surface area contributed by atoms with E-state index < -0.39 is 17.2 Å². The maximum Gasteiger partial charge on any atom is 0.321 e. The van der Waals surface area contributed by atoms with Gasteiger partial charge in [-0.2, -0.15) is 4.68 Å². The lowest BCUT2D eigenvalue weighted by molar-refractivity contribution is -0.119. The summed E-state index contributed by atoms with van der Waals surface area (Å²) in [5.41, 5.74) is 2.56. The molecule has 8 nitrogen and oxygen atoms in total. The van der Waals surface area contributed by atoms with E-state index in [1.807, 2.05) is 61.5 Å². The number of nitrogens with one attached hydrogen (secondary N) is 2. The second-order valence-corrected chi connectivity index (χ2v) is 6.71. The second kappa shape index (κ2) is 8.45. The van der Waals surface area contributed by atoms with Gasteiger partial charge in [0.25, 0.3) is 0 Å². The summed E-state index contributed by atoms with van der Waals surface area (Å²) < 4.78 is 1.59. The molecule has 0 saturated carbocycles. The average molecular weight is 382 g/mol. The fourth-order valence-corrected chi connectivity index (χ4v) is 3.44. The van der Waals surface area contributed by atoms with Crippen LogP contribution in [-0.2, 0) is 4.79 Å². The molecule has 1 aromatic heterocycles. The number of carbonyl (C=O) groups excluding carboxylic acids is 2. The van der Waals surface area contributed by atoms with E-state index in [4.69, 9.17) is 0 Å². The van der Waals surface area contributed by atoms with E-state index in [2.05, 4.69) is 26.2 Å². The van der Waals surface area contributed by atoms with Crippen molar-refractivity contribution in [2.75, 3.05) is 7.05 Å². The summed E-state index contributed by atoms with van der Waals surface area (Å²) in [5.74, 6) is -0.454. The van der Waals surface area contributed by atoms with Crippen molar-refractivity contribution in [2.45, 2.75) is 17.3 Å². The summed E-state index contributed by atoms with van der Waals surface area (Å²) in [6.45, 7) is 1.96. The largest absolute Gasteiger partial charge is 0.341 e. The number of carbonyl (C=O) groups is 2. The van der Waals surface area contributed by atoms with Crippen LogP contribution in [0.3, 0.4) is 0 Å². The van der Waals surface area contributed by atoms with Crippen molar-refractivity contribution >= 4 is 23.7 Å². The summed E-state index contributed by atoms with van der Waals surface area (Å²) in [4.78, 5) is 24.3. The molecule has 2 N–H and O–H groups in total. The van der Waals surface area contributed by atoms with Crippen LogP contribution in [0, 0.1) is 6.92 Å². The molecule has 3 aromatic rings. The monoisotopic (exact) mass is 382 g/mol. The highest BCUT2D eigenvalue weighted by Gasteiger charge is 2.26. The number of hydrogen-bond acceptors (Lipinski definition) is 6. The molecule has 0 aliphatic rings. The number of aromatic nitrogens is 4. The Balaban J connectivity index is 1.94. The maximum absolute atomic E-state index is 12.7. The van der Waals surface area contributed by atoms with Crippen LogP contribution < -0.4 is 10.6 Å². The first kappa shape index (κ1) is 18.6. The lowest BCUT2D eigenvalue weighted by Gasteiger charge is -2.16. The number of thioether (sulfide) groups is 1. The molecule has 138 valence electrons. The third-order valence-corrected chi connectivity index (χ3v) is 5.00. The molecule has 2 aromatic carbocycles. The topological polar surface area (TPSA) is 102 Å². The van der Waals surface area contributed by atoms with Crippen LogP contribution in [-0.4, -0.2) is 39.2 Å². The maximum atomic E-state index is 12.7. The minimum atomic E-state index is -0.697.